The van der Waals surface area contributed by atoms with Gasteiger partial charge < -0.3 is 103 Å². The van der Waals surface area contributed by atoms with Gasteiger partial charge in [-0.25, -0.2) is 0 Å². The van der Waals surface area contributed by atoms with Crippen LogP contribution in [0.15, 0.2) is 169 Å². The average molecular weight is 2000 g/mol. The highest BCUT2D eigenvalue weighted by Gasteiger charge is 2.46. The Morgan fingerprint density at radius 2 is 0.393 bits per heavy atom. The summed E-state index contributed by atoms with van der Waals surface area (Å²) in [6, 6.07) is -13.9. The fourth-order valence-corrected chi connectivity index (χ4v) is 18.8. The van der Waals surface area contributed by atoms with Crippen molar-refractivity contribution in [2.75, 3.05) is 194 Å². The summed E-state index contributed by atoms with van der Waals surface area (Å²) in [5.41, 5.74) is -13.9. The van der Waals surface area contributed by atoms with Gasteiger partial charge in [0.25, 0.3) is 0 Å². The second kappa shape index (κ2) is 58.7. The van der Waals surface area contributed by atoms with E-state index in [4.69, 9.17) is 114 Å². The van der Waals surface area contributed by atoms with E-state index in [1.165, 1.54) is 47.5 Å². The molecule has 7 fully saturated rings. The summed E-state index contributed by atoms with van der Waals surface area (Å²) >= 11 is 0. The molecule has 0 radical (unpaired) electrons. The lowest BCUT2D eigenvalue weighted by molar-refractivity contribution is -0.0280. The van der Waals surface area contributed by atoms with Crippen LogP contribution in [0.4, 0.5) is 0 Å². The second-order valence-corrected chi connectivity index (χ2v) is 37.2. The van der Waals surface area contributed by atoms with E-state index in [2.05, 4.69) is 0 Å². The topological polar surface area (TPSA) is 229 Å². The first-order valence-electron chi connectivity index (χ1n) is 78.4. The molecule has 0 amide bonds. The monoisotopic (exact) mass is 2000 g/mol. The summed E-state index contributed by atoms with van der Waals surface area (Å²) < 4.78 is 529. The Morgan fingerprint density at radius 3 is 0.600 bits per heavy atom. The van der Waals surface area contributed by atoms with Gasteiger partial charge in [0.1, 0.15) is 40.2 Å². The van der Waals surface area contributed by atoms with Gasteiger partial charge in [0, 0.05) is 132 Å². The number of nitrogens with zero attached hydrogens (tertiary/aromatic N) is 7. The first-order chi connectivity index (χ1) is 91.6. The third-order valence-corrected chi connectivity index (χ3v) is 26.2. The normalized spacial score (nSPS) is 27.8. The Bertz CT molecular complexity index is 7480. The number of likely N-dealkylation sites (N-methyl/N-ethyl adjacent to an activating group) is 7. The van der Waals surface area contributed by atoms with Crippen molar-refractivity contribution >= 4 is 0 Å². The van der Waals surface area contributed by atoms with E-state index in [0.29, 0.717) is 106 Å². The molecule has 0 spiro atoms. The summed E-state index contributed by atoms with van der Waals surface area (Å²) in [7, 11) is 17.5. The quantitative estimate of drug-likeness (QED) is 0.0196. The van der Waals surface area contributed by atoms with E-state index in [1.807, 2.05) is 0 Å². The molecule has 0 aliphatic heterocycles. The third kappa shape index (κ3) is 36.7. The molecule has 7 aromatic carbocycles. The van der Waals surface area contributed by atoms with Crippen LogP contribution in [0.3, 0.4) is 0 Å². The number of methoxy groups -OCH3 is 7. The first-order valence-corrected chi connectivity index (χ1v) is 47.9. The summed E-state index contributed by atoms with van der Waals surface area (Å²) in [4.78, 5) is 4.62. The highest BCUT2D eigenvalue weighted by atomic mass is 16.5. The fourth-order valence-electron chi connectivity index (χ4n) is 18.8. The van der Waals surface area contributed by atoms with Crippen LogP contribution in [0.1, 0.15) is 389 Å². The maximum absolute atomic E-state index is 11.5. The van der Waals surface area contributed by atoms with Crippen molar-refractivity contribution in [2.24, 2.45) is 0 Å². The maximum Gasteiger partial charge on any atom is 0.118 e. The number of rotatable bonds is 35. The molecule has 0 aromatic heterocycles. The molecule has 0 bridgehead atoms. The zero-order valence-electron chi connectivity index (χ0n) is 145. The molecule has 7 aliphatic carbocycles. The third-order valence-electron chi connectivity index (χ3n) is 26.2. The second-order valence-electron chi connectivity index (χ2n) is 37.2. The van der Waals surface area contributed by atoms with E-state index < -0.39 is 313 Å². The van der Waals surface area contributed by atoms with E-state index in [9.17, 15) is 38.5 Å². The molecule has 21 nitrogen and oxygen atoms in total. The van der Waals surface area contributed by atoms with Gasteiger partial charge in [-0.05, 0) is 312 Å². The summed E-state index contributed by atoms with van der Waals surface area (Å²) in [5.74, 6) is -14.2. The SMILES string of the molecule is [2H]c1c([2H])c(C(C2(O)CCCCC2)C([2H])([2H])N(C([2H])([2H])[2H])C([2H])([2H])[2H])c([2H])c([2H])c1OC.[2H]c1c([2H])c(C(C2(O)CCCCC2)C([2H])([2H])N(C)C([2H])([2H])[2H])c([2H])c([2H])c1OC.[2H]c1c([2H])c(C(C2(O)CCCCC2)C([2H])([2H])N(C)C)c([2H])c([2H])c1OC.[2H]c1c([2H])c(C(CN(C([2H])([2H])[2H])C([2H])([2H])[2H])C2(O)CCCCC2)c([2H])c([2H])c1OC.[2H]c1c([2H])c(C([2H])(CN(C([2H])([2H])[2H])C([2H])([2H])[2H])C2(O)CCCCC2)c([2H])c([2H])c1OC.[2H]c1c([2H])c(C([2H])(CN(C)C([2H])([2H])[2H])C2(O)CCCCC2)c([2H])c([2H])c1OC.[2H]c1c([2H])c(C([2H])(CN(C)C)C2(O)CCCCC2)c([2H])c([2H])c1OC. The van der Waals surface area contributed by atoms with Crippen molar-refractivity contribution in [1.82, 2.24) is 34.3 Å². The van der Waals surface area contributed by atoms with Gasteiger partial charge in [-0.1, -0.05) is 219 Å². The van der Waals surface area contributed by atoms with Crippen LogP contribution in [-0.4, -0.2) is 303 Å². The predicted molar refractivity (Wildman–Crippen MR) is 576 cm³/mol. The Balaban J connectivity index is 0.000000279. The van der Waals surface area contributed by atoms with Crippen molar-refractivity contribution in [3.05, 3.63) is 208 Å². The number of hydrogen-bond donors (Lipinski definition) is 7. The van der Waals surface area contributed by atoms with Crippen molar-refractivity contribution in [2.45, 2.75) is 305 Å². The average Bonchev–Trinajstić information content (AvgIpc) is 0.716. The largest absolute Gasteiger partial charge is 0.497 e. The van der Waals surface area contributed by atoms with Gasteiger partial charge in [-0.15, -0.1) is 0 Å². The van der Waals surface area contributed by atoms with Crippen LogP contribution in [0.2, 0.25) is 0 Å². The molecule has 784 valence electrons. The minimum absolute atomic E-state index is 0.0257. The summed E-state index contributed by atoms with van der Waals surface area (Å²) in [6.07, 6.45) is 17.2. The zero-order chi connectivity index (χ0) is 155. The van der Waals surface area contributed by atoms with E-state index in [-0.39, 0.29) is 191 Å². The van der Waals surface area contributed by atoms with Crippen LogP contribution < -0.4 is 33.2 Å². The molecular weight excluding hydrogens is 1750 g/mol. The number of aliphatic hydroxyl groups is 7. The number of benzene rings is 7. The van der Waals surface area contributed by atoms with Crippen LogP contribution in [0, 0.1) is 0 Å². The van der Waals surface area contributed by atoms with Gasteiger partial charge in [-0.2, -0.15) is 0 Å². The molecule has 7 aliphatic rings. The van der Waals surface area contributed by atoms with Crippen LogP contribution in [0.5, 0.6) is 40.2 Å². The highest BCUT2D eigenvalue weighted by molar-refractivity contribution is 5.38. The van der Waals surface area contributed by atoms with Gasteiger partial charge in [-0.3, -0.25) is 0 Å². The molecular formula is C119H189N7O14. The summed E-state index contributed by atoms with van der Waals surface area (Å²) in [5, 5.41) is 79.9. The molecule has 0 saturated heterocycles. The summed E-state index contributed by atoms with van der Waals surface area (Å²) in [6.45, 7) is -34.8. The standard InChI is InChI=1S/7C17H27NO2/c7*1-18(2)13-16(17(19)11-5-4-6-12-17)14-7-9-15(20-3)10-8-14/h7*7-10,16,19H,4-6,11-13H2,1-3H3/i1D3,2D3,7D,8D,9D,10D,16D;1D3,2D3,7D,8D,9D,10D,13D2;1D3,7D,8D,9D,10D,16D;1D3,7D,8D,9D,10D,13D2;1D3,2D3,7D,8D,9D,10D;7D,8D,9D,10D,16D;7D,8D,9D,10D,13D2. The zero-order valence-corrected chi connectivity index (χ0v) is 83.5. The molecule has 7 atom stereocenters. The molecule has 7 unspecified atom stereocenters. The molecule has 21 heteroatoms. The fraction of sp³-hybridized carbons (Fsp3) is 0.647. The Hall–Kier alpha value is -7.42. The predicted octanol–water partition coefficient (Wildman–Crippen LogP) is 21.2. The van der Waals surface area contributed by atoms with Crippen molar-refractivity contribution in [1.29, 1.82) is 0 Å². The maximum atomic E-state index is 11.5. The lowest BCUT2D eigenvalue weighted by Gasteiger charge is -2.40. The lowest BCUT2D eigenvalue weighted by Crippen LogP contribution is -2.42. The molecule has 7 N–H and O–H groups in total. The van der Waals surface area contributed by atoms with Gasteiger partial charge in [0.05, 0.1) is 127 Å². The van der Waals surface area contributed by atoms with Crippen molar-refractivity contribution in [3.8, 4) is 40.2 Å². The van der Waals surface area contributed by atoms with E-state index >= 15 is 0 Å². The first kappa shape index (κ1) is 57.1. The Morgan fingerprint density at radius 1 is 0.221 bits per heavy atom. The number of ether oxygens (including phenoxy) is 7. The van der Waals surface area contributed by atoms with Crippen molar-refractivity contribution < 1.29 is 153 Å². The molecule has 14 rings (SSSR count). The number of hydrogen-bond acceptors (Lipinski definition) is 21. The highest BCUT2D eigenvalue weighted by Crippen LogP contribution is 2.49. The van der Waals surface area contributed by atoms with Crippen LogP contribution in [-0.2, 0) is 0 Å². The van der Waals surface area contributed by atoms with Gasteiger partial charge >= 0.3 is 0 Å². The Labute approximate surface area is 932 Å². The smallest absolute Gasteiger partial charge is 0.118 e. The molecule has 7 aromatic rings. The molecule has 140 heavy (non-hydrogen) atoms. The van der Waals surface area contributed by atoms with Crippen molar-refractivity contribution in [3.63, 3.8) is 0 Å². The van der Waals surface area contributed by atoms with E-state index in [0.717, 1.165) is 90.4 Å². The Kier molecular flexibility index (Phi) is 23.9. The van der Waals surface area contributed by atoms with E-state index in [1.54, 1.807) is 33.1 Å². The van der Waals surface area contributed by atoms with Crippen LogP contribution in [0.25, 0.3) is 0 Å². The minimum atomic E-state index is -3.46. The van der Waals surface area contributed by atoms with Gasteiger partial charge in [0.15, 0.2) is 0 Å². The van der Waals surface area contributed by atoms with Gasteiger partial charge in [0.2, 0.25) is 0 Å². The molecule has 7 saturated carbocycles. The van der Waals surface area contributed by atoms with Crippen LogP contribution >= 0.6 is 0 Å². The lowest BCUT2D eigenvalue weighted by atomic mass is 9.72. The molecule has 0 heterocycles. The minimum Gasteiger partial charge on any atom is -0.497 e.